The summed E-state index contributed by atoms with van der Waals surface area (Å²) in [5.41, 5.74) is 5.34. The van der Waals surface area contributed by atoms with Crippen molar-refractivity contribution in [2.24, 2.45) is 11.7 Å². The molecule has 1 aliphatic heterocycles. The summed E-state index contributed by atoms with van der Waals surface area (Å²) in [6.45, 7) is 4.35. The van der Waals surface area contributed by atoms with Crippen LogP contribution in [0.5, 0.6) is 0 Å². The SMILES string of the molecule is CCNC(=O)C1CCN(C(=O)CCN)CC1. The van der Waals surface area contributed by atoms with E-state index < -0.39 is 0 Å². The molecule has 2 amide bonds. The van der Waals surface area contributed by atoms with E-state index >= 15 is 0 Å². The number of nitrogens with one attached hydrogen (secondary N) is 1. The zero-order valence-corrected chi connectivity index (χ0v) is 9.87. The van der Waals surface area contributed by atoms with E-state index in [4.69, 9.17) is 5.73 Å². The number of carbonyl (C=O) groups is 2. The Morgan fingerprint density at radius 1 is 1.38 bits per heavy atom. The quantitative estimate of drug-likeness (QED) is 0.693. The van der Waals surface area contributed by atoms with Gasteiger partial charge in [-0.1, -0.05) is 0 Å². The van der Waals surface area contributed by atoms with Crippen molar-refractivity contribution in [1.29, 1.82) is 0 Å². The second-order valence-corrected chi connectivity index (χ2v) is 4.09. The molecule has 0 aromatic rings. The Hall–Kier alpha value is -1.10. The van der Waals surface area contributed by atoms with Gasteiger partial charge in [0.2, 0.25) is 11.8 Å². The first-order chi connectivity index (χ1) is 7.69. The van der Waals surface area contributed by atoms with Crippen LogP contribution in [-0.2, 0) is 9.59 Å². The fourth-order valence-electron chi connectivity index (χ4n) is 1.99. The molecule has 0 aromatic heterocycles. The lowest BCUT2D eigenvalue weighted by Crippen LogP contribution is -2.43. The summed E-state index contributed by atoms with van der Waals surface area (Å²) < 4.78 is 0. The predicted molar refractivity (Wildman–Crippen MR) is 61.7 cm³/mol. The maximum Gasteiger partial charge on any atom is 0.223 e. The average molecular weight is 227 g/mol. The molecule has 0 radical (unpaired) electrons. The van der Waals surface area contributed by atoms with Gasteiger partial charge in [0.05, 0.1) is 0 Å². The lowest BCUT2D eigenvalue weighted by atomic mass is 9.95. The van der Waals surface area contributed by atoms with Crippen molar-refractivity contribution < 1.29 is 9.59 Å². The molecule has 1 rings (SSSR count). The number of hydrogen-bond acceptors (Lipinski definition) is 3. The van der Waals surface area contributed by atoms with Gasteiger partial charge in [-0.15, -0.1) is 0 Å². The first kappa shape index (κ1) is 13.0. The second kappa shape index (κ2) is 6.48. The number of carbonyl (C=O) groups excluding carboxylic acids is 2. The molecular weight excluding hydrogens is 206 g/mol. The van der Waals surface area contributed by atoms with Crippen molar-refractivity contribution >= 4 is 11.8 Å². The third kappa shape index (κ3) is 3.48. The van der Waals surface area contributed by atoms with Crippen LogP contribution in [0.3, 0.4) is 0 Å². The summed E-state index contributed by atoms with van der Waals surface area (Å²) in [4.78, 5) is 24.9. The Balaban J connectivity index is 2.33. The van der Waals surface area contributed by atoms with Crippen molar-refractivity contribution in [3.8, 4) is 0 Å². The van der Waals surface area contributed by atoms with E-state index in [-0.39, 0.29) is 17.7 Å². The predicted octanol–water partition coefficient (Wildman–Crippen LogP) is -0.290. The monoisotopic (exact) mass is 227 g/mol. The first-order valence-corrected chi connectivity index (χ1v) is 5.94. The van der Waals surface area contributed by atoms with Crippen LogP contribution in [0.2, 0.25) is 0 Å². The molecular formula is C11H21N3O2. The van der Waals surface area contributed by atoms with Crippen molar-refractivity contribution in [2.75, 3.05) is 26.2 Å². The molecule has 0 saturated carbocycles. The van der Waals surface area contributed by atoms with E-state index in [9.17, 15) is 9.59 Å². The molecule has 16 heavy (non-hydrogen) atoms. The number of hydrogen-bond donors (Lipinski definition) is 2. The maximum absolute atomic E-state index is 11.6. The zero-order chi connectivity index (χ0) is 12.0. The van der Waals surface area contributed by atoms with Crippen LogP contribution in [0.4, 0.5) is 0 Å². The van der Waals surface area contributed by atoms with E-state index in [1.807, 2.05) is 11.8 Å². The van der Waals surface area contributed by atoms with Crippen LogP contribution >= 0.6 is 0 Å². The van der Waals surface area contributed by atoms with Gasteiger partial charge in [-0.05, 0) is 19.8 Å². The molecule has 0 aliphatic carbocycles. The fraction of sp³-hybridized carbons (Fsp3) is 0.818. The molecule has 1 fully saturated rings. The molecule has 1 aliphatic rings. The van der Waals surface area contributed by atoms with Crippen LogP contribution in [0.25, 0.3) is 0 Å². The van der Waals surface area contributed by atoms with Crippen molar-refractivity contribution in [1.82, 2.24) is 10.2 Å². The summed E-state index contributed by atoms with van der Waals surface area (Å²) in [6, 6.07) is 0. The van der Waals surface area contributed by atoms with E-state index in [1.165, 1.54) is 0 Å². The molecule has 0 bridgehead atoms. The van der Waals surface area contributed by atoms with Gasteiger partial charge < -0.3 is 16.0 Å². The smallest absolute Gasteiger partial charge is 0.223 e. The van der Waals surface area contributed by atoms with Gasteiger partial charge >= 0.3 is 0 Å². The Morgan fingerprint density at radius 2 is 2.00 bits per heavy atom. The Kier molecular flexibility index (Phi) is 5.25. The number of likely N-dealkylation sites (tertiary alicyclic amines) is 1. The standard InChI is InChI=1S/C11H21N3O2/c1-2-13-11(16)9-4-7-14(8-5-9)10(15)3-6-12/h9H,2-8,12H2,1H3,(H,13,16). The van der Waals surface area contributed by atoms with Crippen molar-refractivity contribution in [2.45, 2.75) is 26.2 Å². The first-order valence-electron chi connectivity index (χ1n) is 5.94. The van der Waals surface area contributed by atoms with Crippen LogP contribution in [0.15, 0.2) is 0 Å². The Bertz CT molecular complexity index is 222. The molecule has 0 unspecified atom stereocenters. The van der Waals surface area contributed by atoms with Gasteiger partial charge in [0.1, 0.15) is 0 Å². The number of piperidine rings is 1. The van der Waals surface area contributed by atoms with Gasteiger partial charge in [0.25, 0.3) is 0 Å². The third-order valence-electron chi connectivity index (χ3n) is 2.93. The van der Waals surface area contributed by atoms with Crippen LogP contribution < -0.4 is 11.1 Å². The van der Waals surface area contributed by atoms with Crippen LogP contribution in [-0.4, -0.2) is 42.9 Å². The molecule has 3 N–H and O–H groups in total. The number of nitrogens with zero attached hydrogens (tertiary/aromatic N) is 1. The third-order valence-corrected chi connectivity index (χ3v) is 2.93. The van der Waals surface area contributed by atoms with E-state index in [0.29, 0.717) is 32.6 Å². The highest BCUT2D eigenvalue weighted by Gasteiger charge is 2.26. The highest BCUT2D eigenvalue weighted by molar-refractivity contribution is 5.80. The maximum atomic E-state index is 11.6. The molecule has 5 nitrogen and oxygen atoms in total. The lowest BCUT2D eigenvalue weighted by Gasteiger charge is -2.31. The minimum Gasteiger partial charge on any atom is -0.356 e. The number of amides is 2. The van der Waals surface area contributed by atoms with Gasteiger partial charge in [-0.25, -0.2) is 0 Å². The molecule has 5 heteroatoms. The summed E-state index contributed by atoms with van der Waals surface area (Å²) in [5.74, 6) is 0.298. The van der Waals surface area contributed by atoms with Gasteiger partial charge in [0.15, 0.2) is 0 Å². The molecule has 1 saturated heterocycles. The number of rotatable bonds is 4. The van der Waals surface area contributed by atoms with E-state index in [1.54, 1.807) is 0 Å². The Morgan fingerprint density at radius 3 is 2.50 bits per heavy atom. The minimum absolute atomic E-state index is 0.0712. The van der Waals surface area contributed by atoms with Crippen molar-refractivity contribution in [3.05, 3.63) is 0 Å². The summed E-state index contributed by atoms with van der Waals surface area (Å²) in [6.07, 6.45) is 1.94. The Labute approximate surface area is 96.4 Å². The van der Waals surface area contributed by atoms with Crippen molar-refractivity contribution in [3.63, 3.8) is 0 Å². The van der Waals surface area contributed by atoms with Gasteiger partial charge in [-0.3, -0.25) is 9.59 Å². The summed E-state index contributed by atoms with van der Waals surface area (Å²) in [5, 5.41) is 2.82. The largest absolute Gasteiger partial charge is 0.356 e. The minimum atomic E-state index is 0.0712. The highest BCUT2D eigenvalue weighted by atomic mass is 16.2. The van der Waals surface area contributed by atoms with Gasteiger partial charge in [-0.2, -0.15) is 0 Å². The second-order valence-electron chi connectivity index (χ2n) is 4.09. The summed E-state index contributed by atoms with van der Waals surface area (Å²) >= 11 is 0. The molecule has 0 atom stereocenters. The normalized spacial score (nSPS) is 17.2. The van der Waals surface area contributed by atoms with Crippen LogP contribution in [0.1, 0.15) is 26.2 Å². The molecule has 92 valence electrons. The fourth-order valence-corrected chi connectivity index (χ4v) is 1.99. The van der Waals surface area contributed by atoms with Crippen LogP contribution in [0, 0.1) is 5.92 Å². The highest BCUT2D eigenvalue weighted by Crippen LogP contribution is 2.17. The molecule has 1 heterocycles. The lowest BCUT2D eigenvalue weighted by molar-refractivity contribution is -0.135. The van der Waals surface area contributed by atoms with Gasteiger partial charge in [0, 0.05) is 38.5 Å². The number of nitrogens with two attached hydrogens (primary N) is 1. The van der Waals surface area contributed by atoms with E-state index in [0.717, 1.165) is 12.8 Å². The molecule has 0 spiro atoms. The summed E-state index contributed by atoms with van der Waals surface area (Å²) in [7, 11) is 0. The topological polar surface area (TPSA) is 75.4 Å². The van der Waals surface area contributed by atoms with E-state index in [2.05, 4.69) is 5.32 Å². The molecule has 0 aromatic carbocycles. The zero-order valence-electron chi connectivity index (χ0n) is 9.87. The average Bonchev–Trinajstić information content (AvgIpc) is 2.30.